The van der Waals surface area contributed by atoms with Gasteiger partial charge in [0.05, 0.1) is 12.2 Å². The van der Waals surface area contributed by atoms with Crippen molar-refractivity contribution in [3.63, 3.8) is 0 Å². The highest BCUT2D eigenvalue weighted by atomic mass is 16.5. The number of aromatic amines is 1. The van der Waals surface area contributed by atoms with Gasteiger partial charge in [-0.1, -0.05) is 18.2 Å². The van der Waals surface area contributed by atoms with Gasteiger partial charge < -0.3 is 19.6 Å². The molecule has 0 amide bonds. The van der Waals surface area contributed by atoms with Crippen LogP contribution in [0.3, 0.4) is 0 Å². The second-order valence-corrected chi connectivity index (χ2v) is 7.95. The summed E-state index contributed by atoms with van der Waals surface area (Å²) in [6.45, 7) is 4.10. The van der Waals surface area contributed by atoms with Crippen molar-refractivity contribution in [2.75, 3.05) is 18.5 Å². The van der Waals surface area contributed by atoms with Crippen LogP contribution in [0.5, 0.6) is 0 Å². The molecule has 0 saturated carbocycles. The first-order valence-electron chi connectivity index (χ1n) is 10.6. The van der Waals surface area contributed by atoms with Crippen molar-refractivity contribution in [2.24, 2.45) is 0 Å². The number of H-pyrrole nitrogens is 1. The Balaban J connectivity index is 1.37. The van der Waals surface area contributed by atoms with Crippen molar-refractivity contribution in [1.29, 1.82) is 0 Å². The molecule has 0 radical (unpaired) electrons. The van der Waals surface area contributed by atoms with Crippen LogP contribution >= 0.6 is 0 Å². The summed E-state index contributed by atoms with van der Waals surface area (Å²) >= 11 is 0. The van der Waals surface area contributed by atoms with Crippen LogP contribution in [0.15, 0.2) is 59.7 Å². The number of fused-ring (bicyclic) bond motifs is 1. The molecule has 158 valence electrons. The number of hydrogen-bond acceptors (Lipinski definition) is 5. The fourth-order valence-electron chi connectivity index (χ4n) is 4.08. The molecule has 1 saturated heterocycles. The first-order chi connectivity index (χ1) is 15.2. The van der Waals surface area contributed by atoms with Crippen molar-refractivity contribution in [3.8, 4) is 11.3 Å². The minimum atomic E-state index is -0.0619. The predicted molar refractivity (Wildman–Crippen MR) is 121 cm³/mol. The van der Waals surface area contributed by atoms with E-state index < -0.39 is 0 Å². The average molecular weight is 415 g/mol. The molecule has 3 aromatic heterocycles. The summed E-state index contributed by atoms with van der Waals surface area (Å²) in [5, 5.41) is 4.57. The smallest absolute Gasteiger partial charge is 0.251 e. The van der Waals surface area contributed by atoms with E-state index in [1.54, 1.807) is 16.8 Å². The highest BCUT2D eigenvalue weighted by Crippen LogP contribution is 2.22. The number of rotatable bonds is 5. The zero-order chi connectivity index (χ0) is 21.2. The van der Waals surface area contributed by atoms with Crippen molar-refractivity contribution < 1.29 is 4.74 Å². The molecule has 4 aromatic rings. The molecule has 5 rings (SSSR count). The lowest BCUT2D eigenvalue weighted by Crippen LogP contribution is -2.28. The Morgan fingerprint density at radius 1 is 1.19 bits per heavy atom. The number of nitrogens with zero attached hydrogens (tertiary/aromatic N) is 3. The number of aromatic nitrogens is 4. The molecule has 1 aliphatic rings. The number of hydrogen-bond donors (Lipinski definition) is 2. The molecule has 1 aromatic carbocycles. The van der Waals surface area contributed by atoms with E-state index in [4.69, 9.17) is 4.74 Å². The third kappa shape index (κ3) is 4.09. The molecule has 0 spiro atoms. The van der Waals surface area contributed by atoms with Gasteiger partial charge in [0.2, 0.25) is 5.95 Å². The summed E-state index contributed by atoms with van der Waals surface area (Å²) in [5.41, 5.74) is 4.76. The van der Waals surface area contributed by atoms with Gasteiger partial charge in [0.1, 0.15) is 0 Å². The van der Waals surface area contributed by atoms with Crippen molar-refractivity contribution in [2.45, 2.75) is 32.4 Å². The molecule has 0 bridgehead atoms. The zero-order valence-electron chi connectivity index (χ0n) is 17.5. The van der Waals surface area contributed by atoms with Crippen LogP contribution in [-0.2, 0) is 11.3 Å². The Morgan fingerprint density at radius 2 is 2.03 bits per heavy atom. The summed E-state index contributed by atoms with van der Waals surface area (Å²) in [5.74, 6) is 0.585. The number of aryl methyl sites for hydroxylation is 1. The van der Waals surface area contributed by atoms with E-state index in [9.17, 15) is 4.79 Å². The second-order valence-electron chi connectivity index (χ2n) is 7.95. The van der Waals surface area contributed by atoms with Crippen LogP contribution in [0.1, 0.15) is 24.1 Å². The van der Waals surface area contributed by atoms with Crippen LogP contribution in [0.4, 0.5) is 5.95 Å². The molecular weight excluding hydrogens is 390 g/mol. The van der Waals surface area contributed by atoms with E-state index >= 15 is 0 Å². The van der Waals surface area contributed by atoms with Crippen LogP contribution < -0.4 is 10.9 Å². The number of ether oxygens (including phenoxy) is 1. The lowest BCUT2D eigenvalue weighted by atomic mass is 10.1. The van der Waals surface area contributed by atoms with Gasteiger partial charge in [-0.15, -0.1) is 0 Å². The van der Waals surface area contributed by atoms with Gasteiger partial charge in [0, 0.05) is 59.9 Å². The topological polar surface area (TPSA) is 84.8 Å². The molecule has 1 aliphatic heterocycles. The molecule has 0 unspecified atom stereocenters. The number of pyridine rings is 1. The third-order valence-corrected chi connectivity index (χ3v) is 5.90. The summed E-state index contributed by atoms with van der Waals surface area (Å²) in [6, 6.07) is 13.9. The van der Waals surface area contributed by atoms with Gasteiger partial charge >= 0.3 is 0 Å². The molecule has 31 heavy (non-hydrogen) atoms. The molecule has 0 atom stereocenters. The highest BCUT2D eigenvalue weighted by Gasteiger charge is 2.15. The molecule has 2 N–H and O–H groups in total. The van der Waals surface area contributed by atoms with E-state index in [0.717, 1.165) is 48.5 Å². The van der Waals surface area contributed by atoms with Crippen molar-refractivity contribution >= 4 is 16.9 Å². The summed E-state index contributed by atoms with van der Waals surface area (Å²) in [4.78, 5) is 25.2. The highest BCUT2D eigenvalue weighted by molar-refractivity contribution is 5.84. The Hall–Kier alpha value is -3.45. The fourth-order valence-corrected chi connectivity index (χ4v) is 4.08. The summed E-state index contributed by atoms with van der Waals surface area (Å²) in [6.07, 6.45) is 5.44. The average Bonchev–Trinajstić information content (AvgIpc) is 3.11. The fraction of sp³-hybridized carbons (Fsp3) is 0.292. The minimum absolute atomic E-state index is 0.0619. The van der Waals surface area contributed by atoms with Gasteiger partial charge in [-0.2, -0.15) is 0 Å². The number of nitrogens with one attached hydrogen (secondary N) is 2. The largest absolute Gasteiger partial charge is 0.381 e. The van der Waals surface area contributed by atoms with Crippen LogP contribution in [0.25, 0.3) is 22.2 Å². The maximum absolute atomic E-state index is 12.8. The lowest BCUT2D eigenvalue weighted by Gasteiger charge is -2.23. The normalized spacial score (nSPS) is 14.7. The molecule has 4 heterocycles. The van der Waals surface area contributed by atoms with Crippen LogP contribution in [-0.4, -0.2) is 38.8 Å². The van der Waals surface area contributed by atoms with Crippen molar-refractivity contribution in [3.05, 3.63) is 76.5 Å². The first kappa shape index (κ1) is 19.5. The molecule has 7 nitrogen and oxygen atoms in total. The van der Waals surface area contributed by atoms with E-state index in [-0.39, 0.29) is 5.56 Å². The van der Waals surface area contributed by atoms with E-state index in [1.807, 2.05) is 30.5 Å². The van der Waals surface area contributed by atoms with E-state index in [1.165, 1.54) is 10.9 Å². The molecule has 1 fully saturated rings. The van der Waals surface area contributed by atoms with Crippen LogP contribution in [0.2, 0.25) is 0 Å². The van der Waals surface area contributed by atoms with Gasteiger partial charge in [0.25, 0.3) is 5.56 Å². The van der Waals surface area contributed by atoms with Gasteiger partial charge in [-0.3, -0.25) is 4.79 Å². The molecular formula is C24H25N5O2. The predicted octanol–water partition coefficient (Wildman–Crippen LogP) is 3.73. The Kier molecular flexibility index (Phi) is 5.26. The van der Waals surface area contributed by atoms with Gasteiger partial charge in [-0.05, 0) is 43.5 Å². The van der Waals surface area contributed by atoms with Crippen molar-refractivity contribution in [1.82, 2.24) is 19.5 Å². The minimum Gasteiger partial charge on any atom is -0.381 e. The third-order valence-electron chi connectivity index (χ3n) is 5.90. The van der Waals surface area contributed by atoms with E-state index in [2.05, 4.69) is 39.3 Å². The van der Waals surface area contributed by atoms with E-state index in [0.29, 0.717) is 18.5 Å². The second kappa shape index (κ2) is 8.35. The number of benzene rings is 1. The Morgan fingerprint density at radius 3 is 2.84 bits per heavy atom. The summed E-state index contributed by atoms with van der Waals surface area (Å²) < 4.78 is 7.11. The molecule has 0 aliphatic carbocycles. The van der Waals surface area contributed by atoms with Gasteiger partial charge in [0.15, 0.2) is 0 Å². The Labute approximate surface area is 180 Å². The van der Waals surface area contributed by atoms with Gasteiger partial charge in [-0.25, -0.2) is 9.97 Å². The SMILES string of the molecule is Cc1c(Cn2ccc(-c3ccnc(NC4CCOCC4)n3)cc2=O)[nH]c2ccccc12. The van der Waals surface area contributed by atoms with Crippen LogP contribution in [0, 0.1) is 6.92 Å². The quantitative estimate of drug-likeness (QED) is 0.519. The maximum Gasteiger partial charge on any atom is 0.251 e. The lowest BCUT2D eigenvalue weighted by molar-refractivity contribution is 0.0903. The monoisotopic (exact) mass is 415 g/mol. The molecule has 7 heteroatoms. The number of para-hydroxylation sites is 1. The maximum atomic E-state index is 12.8. The zero-order valence-corrected chi connectivity index (χ0v) is 17.5. The standard InChI is InChI=1S/C24H25N5O2/c1-16-19-4-2-3-5-21(19)27-22(16)15-29-11-7-17(14-23(29)30)20-6-10-25-24(28-20)26-18-8-12-31-13-9-18/h2-7,10-11,14,18,27H,8-9,12-13,15H2,1H3,(H,25,26,28). The first-order valence-corrected chi connectivity index (χ1v) is 10.6. The number of anilines is 1. The summed E-state index contributed by atoms with van der Waals surface area (Å²) in [7, 11) is 0. The Bertz CT molecular complexity index is 1270.